The van der Waals surface area contributed by atoms with Gasteiger partial charge in [0.2, 0.25) is 0 Å². The number of aliphatic carboxylic acids is 1. The zero-order valence-corrected chi connectivity index (χ0v) is 14.6. The van der Waals surface area contributed by atoms with E-state index in [0.717, 1.165) is 24.9 Å². The lowest BCUT2D eigenvalue weighted by Gasteiger charge is -2.42. The van der Waals surface area contributed by atoms with Crippen molar-refractivity contribution in [2.75, 3.05) is 13.1 Å². The SMILES string of the molecule is Cc1cc(C(=O)NC2CC(N(CC(=O)O)CC3CC3)C2)ccc1Cl. The van der Waals surface area contributed by atoms with E-state index in [9.17, 15) is 9.59 Å². The predicted molar refractivity (Wildman–Crippen MR) is 92.4 cm³/mol. The zero-order valence-electron chi connectivity index (χ0n) is 13.8. The summed E-state index contributed by atoms with van der Waals surface area (Å²) in [7, 11) is 0. The molecule has 2 aliphatic rings. The lowest BCUT2D eigenvalue weighted by Crippen LogP contribution is -2.55. The summed E-state index contributed by atoms with van der Waals surface area (Å²) in [5, 5.41) is 12.8. The normalized spacial score (nSPS) is 23.0. The van der Waals surface area contributed by atoms with Crippen LogP contribution < -0.4 is 5.32 Å². The van der Waals surface area contributed by atoms with Crippen LogP contribution in [0.2, 0.25) is 5.02 Å². The van der Waals surface area contributed by atoms with Gasteiger partial charge in [-0.3, -0.25) is 14.5 Å². The number of hydrogen-bond donors (Lipinski definition) is 2. The number of aryl methyl sites for hydroxylation is 1. The van der Waals surface area contributed by atoms with Crippen molar-refractivity contribution in [3.8, 4) is 0 Å². The number of carbonyl (C=O) groups is 2. The summed E-state index contributed by atoms with van der Waals surface area (Å²) in [4.78, 5) is 25.4. The largest absolute Gasteiger partial charge is 0.480 e. The van der Waals surface area contributed by atoms with E-state index in [1.54, 1.807) is 18.2 Å². The summed E-state index contributed by atoms with van der Waals surface area (Å²) in [6.07, 6.45) is 4.05. The fourth-order valence-electron chi connectivity index (χ4n) is 3.21. The fraction of sp³-hybridized carbons (Fsp3) is 0.556. The molecule has 0 atom stereocenters. The van der Waals surface area contributed by atoms with Crippen LogP contribution in [0.25, 0.3) is 0 Å². The third kappa shape index (κ3) is 4.28. The summed E-state index contributed by atoms with van der Waals surface area (Å²) in [6.45, 7) is 2.84. The molecule has 1 amide bonds. The second-order valence-electron chi connectivity index (χ2n) is 7.03. The fourth-order valence-corrected chi connectivity index (χ4v) is 3.32. The van der Waals surface area contributed by atoms with Gasteiger partial charge in [0.05, 0.1) is 6.54 Å². The van der Waals surface area contributed by atoms with Crippen LogP contribution in [-0.4, -0.2) is 47.1 Å². The van der Waals surface area contributed by atoms with Gasteiger partial charge in [0, 0.05) is 29.2 Å². The molecule has 2 N–H and O–H groups in total. The Kier molecular flexibility index (Phi) is 5.11. The van der Waals surface area contributed by atoms with E-state index in [1.807, 2.05) is 6.92 Å². The molecule has 0 radical (unpaired) electrons. The lowest BCUT2D eigenvalue weighted by molar-refractivity contribution is -0.139. The number of amides is 1. The van der Waals surface area contributed by atoms with Crippen LogP contribution in [0, 0.1) is 12.8 Å². The maximum absolute atomic E-state index is 12.3. The number of carbonyl (C=O) groups excluding carboxylic acids is 1. The summed E-state index contributed by atoms with van der Waals surface area (Å²) >= 11 is 5.99. The van der Waals surface area contributed by atoms with Gasteiger partial charge in [0.25, 0.3) is 5.91 Å². The van der Waals surface area contributed by atoms with E-state index in [1.165, 1.54) is 12.8 Å². The first-order valence-corrected chi connectivity index (χ1v) is 8.83. The zero-order chi connectivity index (χ0) is 17.3. The molecule has 130 valence electrons. The van der Waals surface area contributed by atoms with E-state index < -0.39 is 5.97 Å². The highest BCUT2D eigenvalue weighted by Crippen LogP contribution is 2.33. The molecule has 0 spiro atoms. The van der Waals surface area contributed by atoms with E-state index in [2.05, 4.69) is 10.2 Å². The van der Waals surface area contributed by atoms with Gasteiger partial charge in [-0.15, -0.1) is 0 Å². The molecule has 6 heteroatoms. The molecule has 2 saturated carbocycles. The van der Waals surface area contributed by atoms with Gasteiger partial charge < -0.3 is 10.4 Å². The van der Waals surface area contributed by atoms with Gasteiger partial charge in [-0.25, -0.2) is 0 Å². The van der Waals surface area contributed by atoms with Crippen molar-refractivity contribution in [2.24, 2.45) is 5.92 Å². The summed E-state index contributed by atoms with van der Waals surface area (Å²) in [5.41, 5.74) is 1.49. The lowest BCUT2D eigenvalue weighted by atomic mass is 9.85. The Hall–Kier alpha value is -1.59. The van der Waals surface area contributed by atoms with Crippen LogP contribution in [0.15, 0.2) is 18.2 Å². The number of carboxylic acid groups (broad SMARTS) is 1. The first kappa shape index (κ1) is 17.2. The molecule has 0 aliphatic heterocycles. The predicted octanol–water partition coefficient (Wildman–Crippen LogP) is 2.71. The molecule has 0 unspecified atom stereocenters. The Morgan fingerprint density at radius 1 is 1.33 bits per heavy atom. The number of benzene rings is 1. The van der Waals surface area contributed by atoms with Crippen molar-refractivity contribution in [3.63, 3.8) is 0 Å². The molecular formula is C18H23ClN2O3. The van der Waals surface area contributed by atoms with Gasteiger partial charge in [0.1, 0.15) is 0 Å². The Bertz CT molecular complexity index is 639. The average molecular weight is 351 g/mol. The molecule has 24 heavy (non-hydrogen) atoms. The summed E-state index contributed by atoms with van der Waals surface area (Å²) in [5.74, 6) is -0.208. The van der Waals surface area contributed by atoms with Gasteiger partial charge in [-0.1, -0.05) is 11.6 Å². The molecule has 5 nitrogen and oxygen atoms in total. The first-order valence-electron chi connectivity index (χ1n) is 8.45. The standard InChI is InChI=1S/C18H23ClN2O3/c1-11-6-13(4-5-16(11)19)18(24)20-14-7-15(8-14)21(10-17(22)23)9-12-2-3-12/h4-6,12,14-15H,2-3,7-10H2,1H3,(H,20,24)(H,22,23). The number of hydrogen-bond acceptors (Lipinski definition) is 3. The maximum Gasteiger partial charge on any atom is 0.317 e. The minimum Gasteiger partial charge on any atom is -0.480 e. The summed E-state index contributed by atoms with van der Waals surface area (Å²) in [6, 6.07) is 5.63. The Morgan fingerprint density at radius 2 is 2.04 bits per heavy atom. The number of carboxylic acids is 1. The highest BCUT2D eigenvalue weighted by Gasteiger charge is 2.37. The molecular weight excluding hydrogens is 328 g/mol. The minimum atomic E-state index is -0.778. The van der Waals surface area contributed by atoms with Crippen LogP contribution >= 0.6 is 11.6 Å². The highest BCUT2D eigenvalue weighted by molar-refractivity contribution is 6.31. The Morgan fingerprint density at radius 3 is 2.62 bits per heavy atom. The summed E-state index contributed by atoms with van der Waals surface area (Å²) < 4.78 is 0. The molecule has 0 aromatic heterocycles. The van der Waals surface area contributed by atoms with E-state index in [-0.39, 0.29) is 24.5 Å². The molecule has 2 aliphatic carbocycles. The van der Waals surface area contributed by atoms with Gasteiger partial charge >= 0.3 is 5.97 Å². The first-order chi connectivity index (χ1) is 11.4. The monoisotopic (exact) mass is 350 g/mol. The van der Waals surface area contributed by atoms with Crippen LogP contribution in [0.1, 0.15) is 41.6 Å². The van der Waals surface area contributed by atoms with Gasteiger partial charge in [0.15, 0.2) is 0 Å². The van der Waals surface area contributed by atoms with Gasteiger partial charge in [-0.05, 0) is 62.3 Å². The highest BCUT2D eigenvalue weighted by atomic mass is 35.5. The van der Waals surface area contributed by atoms with Gasteiger partial charge in [-0.2, -0.15) is 0 Å². The second kappa shape index (κ2) is 7.11. The van der Waals surface area contributed by atoms with Crippen LogP contribution in [0.5, 0.6) is 0 Å². The minimum absolute atomic E-state index is 0.0924. The second-order valence-corrected chi connectivity index (χ2v) is 7.43. The molecule has 3 rings (SSSR count). The van der Waals surface area contributed by atoms with Crippen molar-refractivity contribution < 1.29 is 14.7 Å². The molecule has 2 fully saturated rings. The van der Waals surface area contributed by atoms with Crippen molar-refractivity contribution in [3.05, 3.63) is 34.3 Å². The smallest absolute Gasteiger partial charge is 0.317 e. The van der Waals surface area contributed by atoms with E-state index >= 15 is 0 Å². The number of nitrogens with zero attached hydrogens (tertiary/aromatic N) is 1. The van der Waals surface area contributed by atoms with Crippen molar-refractivity contribution in [1.29, 1.82) is 0 Å². The molecule has 0 saturated heterocycles. The third-order valence-electron chi connectivity index (χ3n) is 4.91. The van der Waals surface area contributed by atoms with Crippen LogP contribution in [0.4, 0.5) is 0 Å². The van der Waals surface area contributed by atoms with E-state index in [0.29, 0.717) is 16.5 Å². The number of halogens is 1. The Balaban J connectivity index is 1.50. The molecule has 1 aromatic rings. The average Bonchev–Trinajstić information content (AvgIpc) is 3.28. The van der Waals surface area contributed by atoms with Crippen LogP contribution in [0.3, 0.4) is 0 Å². The quantitative estimate of drug-likeness (QED) is 0.793. The van der Waals surface area contributed by atoms with Crippen molar-refractivity contribution in [2.45, 2.75) is 44.7 Å². The molecule has 0 bridgehead atoms. The van der Waals surface area contributed by atoms with Crippen molar-refractivity contribution in [1.82, 2.24) is 10.2 Å². The topological polar surface area (TPSA) is 69.6 Å². The van der Waals surface area contributed by atoms with Crippen molar-refractivity contribution >= 4 is 23.5 Å². The number of nitrogens with one attached hydrogen (secondary N) is 1. The molecule has 1 aromatic carbocycles. The van der Waals surface area contributed by atoms with E-state index in [4.69, 9.17) is 16.7 Å². The maximum atomic E-state index is 12.3. The Labute approximate surface area is 147 Å². The third-order valence-corrected chi connectivity index (χ3v) is 5.34. The van der Waals surface area contributed by atoms with Crippen LogP contribution in [-0.2, 0) is 4.79 Å². The number of rotatable bonds is 7. The molecule has 0 heterocycles.